The van der Waals surface area contributed by atoms with E-state index in [0.717, 1.165) is 0 Å². The molecule has 1 aliphatic heterocycles. The molecular formula is C14H17Cl2NO3. The molecule has 110 valence electrons. The minimum absolute atomic E-state index is 0.0339. The van der Waals surface area contributed by atoms with Crippen LogP contribution in [0.1, 0.15) is 13.8 Å². The van der Waals surface area contributed by atoms with Gasteiger partial charge in [-0.05, 0) is 26.0 Å². The normalized spacial score (nSPS) is 22.7. The summed E-state index contributed by atoms with van der Waals surface area (Å²) in [4.78, 5) is 13.9. The van der Waals surface area contributed by atoms with Gasteiger partial charge in [-0.15, -0.1) is 0 Å². The fourth-order valence-corrected chi connectivity index (χ4v) is 2.73. The second kappa shape index (κ2) is 6.66. The lowest BCUT2D eigenvalue weighted by Crippen LogP contribution is -2.49. The van der Waals surface area contributed by atoms with Gasteiger partial charge in [0.2, 0.25) is 0 Å². The molecule has 0 aromatic heterocycles. The molecule has 4 nitrogen and oxygen atoms in total. The third kappa shape index (κ3) is 3.78. The second-order valence-corrected chi connectivity index (χ2v) is 5.71. The minimum Gasteiger partial charge on any atom is -0.481 e. The second-order valence-electron chi connectivity index (χ2n) is 4.90. The highest BCUT2D eigenvalue weighted by molar-refractivity contribution is 6.37. The lowest BCUT2D eigenvalue weighted by molar-refractivity contribution is -0.145. The summed E-state index contributed by atoms with van der Waals surface area (Å²) in [6.45, 7) is 4.96. The number of nitrogens with zero attached hydrogens (tertiary/aromatic N) is 1. The maximum absolute atomic E-state index is 12.1. The highest BCUT2D eigenvalue weighted by Gasteiger charge is 2.26. The molecular weight excluding hydrogens is 301 g/mol. The summed E-state index contributed by atoms with van der Waals surface area (Å²) in [5, 5.41) is 0.794. The smallest absolute Gasteiger partial charge is 0.260 e. The van der Waals surface area contributed by atoms with Crippen LogP contribution in [-0.4, -0.2) is 42.7 Å². The molecule has 0 radical (unpaired) electrons. The molecule has 1 saturated heterocycles. The molecule has 20 heavy (non-hydrogen) atoms. The fourth-order valence-electron chi connectivity index (χ4n) is 2.23. The SMILES string of the molecule is CC1CN(C(=O)COc2c(Cl)cccc2Cl)CC(C)O1. The van der Waals surface area contributed by atoms with Crippen LogP contribution in [0, 0.1) is 0 Å². The number of carbonyl (C=O) groups excluding carboxylic acids is 1. The van der Waals surface area contributed by atoms with E-state index in [1.54, 1.807) is 23.1 Å². The summed E-state index contributed by atoms with van der Waals surface area (Å²) in [7, 11) is 0. The van der Waals surface area contributed by atoms with Crippen molar-refractivity contribution in [2.24, 2.45) is 0 Å². The van der Waals surface area contributed by atoms with Crippen LogP contribution in [0.4, 0.5) is 0 Å². The van der Waals surface area contributed by atoms with Crippen molar-refractivity contribution >= 4 is 29.1 Å². The first-order valence-corrected chi connectivity index (χ1v) is 7.23. The van der Waals surface area contributed by atoms with Gasteiger partial charge in [-0.2, -0.15) is 0 Å². The molecule has 2 rings (SSSR count). The zero-order chi connectivity index (χ0) is 14.7. The van der Waals surface area contributed by atoms with Crippen LogP contribution in [0.3, 0.4) is 0 Å². The molecule has 0 bridgehead atoms. The number of morpholine rings is 1. The van der Waals surface area contributed by atoms with Crippen LogP contribution < -0.4 is 4.74 Å². The van der Waals surface area contributed by atoms with E-state index in [2.05, 4.69) is 0 Å². The summed E-state index contributed by atoms with van der Waals surface area (Å²) in [6.07, 6.45) is 0.0678. The van der Waals surface area contributed by atoms with Crippen molar-refractivity contribution in [2.75, 3.05) is 19.7 Å². The van der Waals surface area contributed by atoms with Crippen molar-refractivity contribution in [2.45, 2.75) is 26.1 Å². The van der Waals surface area contributed by atoms with Gasteiger partial charge in [0.25, 0.3) is 5.91 Å². The molecule has 1 fully saturated rings. The van der Waals surface area contributed by atoms with E-state index >= 15 is 0 Å². The molecule has 2 atom stereocenters. The lowest BCUT2D eigenvalue weighted by Gasteiger charge is -2.35. The fraction of sp³-hybridized carbons (Fsp3) is 0.500. The van der Waals surface area contributed by atoms with Gasteiger partial charge >= 0.3 is 0 Å². The number of benzene rings is 1. The Bertz CT molecular complexity index is 465. The molecule has 1 aromatic carbocycles. The first-order chi connectivity index (χ1) is 9.47. The van der Waals surface area contributed by atoms with Crippen molar-refractivity contribution in [3.8, 4) is 5.75 Å². The van der Waals surface area contributed by atoms with Crippen molar-refractivity contribution < 1.29 is 14.3 Å². The van der Waals surface area contributed by atoms with Crippen LogP contribution in [0.25, 0.3) is 0 Å². The Kier molecular flexibility index (Phi) is 5.13. The van der Waals surface area contributed by atoms with Crippen LogP contribution in [0.5, 0.6) is 5.75 Å². The lowest BCUT2D eigenvalue weighted by atomic mass is 10.2. The predicted octanol–water partition coefficient (Wildman–Crippen LogP) is 3.01. The monoisotopic (exact) mass is 317 g/mol. The Morgan fingerprint density at radius 2 is 1.85 bits per heavy atom. The molecule has 0 saturated carbocycles. The summed E-state index contributed by atoms with van der Waals surface area (Å²) in [6, 6.07) is 5.07. The number of halogens is 2. The molecule has 1 aliphatic rings. The van der Waals surface area contributed by atoms with Crippen molar-refractivity contribution in [3.05, 3.63) is 28.2 Å². The maximum atomic E-state index is 12.1. The van der Waals surface area contributed by atoms with Gasteiger partial charge in [0.05, 0.1) is 22.3 Å². The van der Waals surface area contributed by atoms with Gasteiger partial charge in [0.15, 0.2) is 12.4 Å². The Labute approximate surface area is 128 Å². The first-order valence-electron chi connectivity index (χ1n) is 6.47. The molecule has 1 amide bonds. The van der Waals surface area contributed by atoms with Crippen LogP contribution in [0.15, 0.2) is 18.2 Å². The Hall–Kier alpha value is -0.970. The summed E-state index contributed by atoms with van der Waals surface area (Å²) in [5.41, 5.74) is 0. The van der Waals surface area contributed by atoms with E-state index < -0.39 is 0 Å². The van der Waals surface area contributed by atoms with Gasteiger partial charge in [0, 0.05) is 13.1 Å². The third-order valence-electron chi connectivity index (χ3n) is 3.03. The highest BCUT2D eigenvalue weighted by Crippen LogP contribution is 2.32. The minimum atomic E-state index is -0.0945. The quantitative estimate of drug-likeness (QED) is 0.860. The number of hydrogen-bond donors (Lipinski definition) is 0. The highest BCUT2D eigenvalue weighted by atomic mass is 35.5. The largest absolute Gasteiger partial charge is 0.481 e. The van der Waals surface area contributed by atoms with Gasteiger partial charge in [-0.25, -0.2) is 0 Å². The predicted molar refractivity (Wildman–Crippen MR) is 78.5 cm³/mol. The maximum Gasteiger partial charge on any atom is 0.260 e. The standard InChI is InChI=1S/C14H17Cl2NO3/c1-9-6-17(7-10(2)20-9)13(18)8-19-14-11(15)4-3-5-12(14)16/h3-5,9-10H,6-8H2,1-2H3. The van der Waals surface area contributed by atoms with Gasteiger partial charge < -0.3 is 14.4 Å². The van der Waals surface area contributed by atoms with E-state index in [1.165, 1.54) is 0 Å². The van der Waals surface area contributed by atoms with Crippen molar-refractivity contribution in [1.82, 2.24) is 4.90 Å². The molecule has 0 N–H and O–H groups in total. The zero-order valence-corrected chi connectivity index (χ0v) is 12.9. The Morgan fingerprint density at radius 3 is 2.40 bits per heavy atom. The average Bonchev–Trinajstić information content (AvgIpc) is 2.36. The average molecular weight is 318 g/mol. The molecule has 0 spiro atoms. The van der Waals surface area contributed by atoms with Crippen molar-refractivity contribution in [3.63, 3.8) is 0 Å². The molecule has 0 aliphatic carbocycles. The van der Waals surface area contributed by atoms with Crippen molar-refractivity contribution in [1.29, 1.82) is 0 Å². The number of ether oxygens (including phenoxy) is 2. The van der Waals surface area contributed by atoms with E-state index in [0.29, 0.717) is 28.9 Å². The number of carbonyl (C=O) groups is 1. The third-order valence-corrected chi connectivity index (χ3v) is 3.63. The van der Waals surface area contributed by atoms with Gasteiger partial charge in [0.1, 0.15) is 0 Å². The molecule has 1 heterocycles. The summed E-state index contributed by atoms with van der Waals surface area (Å²) >= 11 is 12.0. The van der Waals surface area contributed by atoms with E-state index in [9.17, 15) is 4.79 Å². The van der Waals surface area contributed by atoms with Crippen LogP contribution >= 0.6 is 23.2 Å². The van der Waals surface area contributed by atoms with Crippen LogP contribution in [0.2, 0.25) is 10.0 Å². The van der Waals surface area contributed by atoms with Crippen LogP contribution in [-0.2, 0) is 9.53 Å². The first kappa shape index (κ1) is 15.4. The van der Waals surface area contributed by atoms with E-state index in [4.69, 9.17) is 32.7 Å². The number of rotatable bonds is 3. The van der Waals surface area contributed by atoms with Gasteiger partial charge in [-0.1, -0.05) is 29.3 Å². The molecule has 1 aromatic rings. The van der Waals surface area contributed by atoms with E-state index in [1.807, 2.05) is 13.8 Å². The van der Waals surface area contributed by atoms with E-state index in [-0.39, 0.29) is 24.7 Å². The van der Waals surface area contributed by atoms with Gasteiger partial charge in [-0.3, -0.25) is 4.79 Å². The summed E-state index contributed by atoms with van der Waals surface area (Å²) in [5.74, 6) is 0.251. The number of amides is 1. The topological polar surface area (TPSA) is 38.8 Å². The number of para-hydroxylation sites is 1. The Balaban J connectivity index is 1.95. The number of hydrogen-bond acceptors (Lipinski definition) is 3. The Morgan fingerprint density at radius 1 is 1.30 bits per heavy atom. The molecule has 6 heteroatoms. The summed E-state index contributed by atoms with van der Waals surface area (Å²) < 4.78 is 11.0. The zero-order valence-electron chi connectivity index (χ0n) is 11.4. The molecule has 2 unspecified atom stereocenters.